The maximum Gasteiger partial charge on any atom is 0.336 e. The summed E-state index contributed by atoms with van der Waals surface area (Å²) in [7, 11) is 0. The fourth-order valence-electron chi connectivity index (χ4n) is 1.77. The fraction of sp³-hybridized carbons (Fsp3) is 0.214. The molecule has 0 radical (unpaired) electrons. The molecule has 1 aromatic carbocycles. The van der Waals surface area contributed by atoms with Crippen molar-refractivity contribution in [3.63, 3.8) is 0 Å². The van der Waals surface area contributed by atoms with Crippen LogP contribution in [0.3, 0.4) is 0 Å². The van der Waals surface area contributed by atoms with E-state index >= 15 is 0 Å². The number of amides is 1. The normalized spacial score (nSPS) is 10.3. The molecule has 0 atom stereocenters. The van der Waals surface area contributed by atoms with E-state index in [1.807, 2.05) is 0 Å². The minimum Gasteiger partial charge on any atom is -0.484 e. The molecular weight excluding hydrogens is 278 g/mol. The Hall–Kier alpha value is -2.83. The van der Waals surface area contributed by atoms with E-state index < -0.39 is 24.0 Å². The number of aryl methyl sites for hydroxylation is 1. The van der Waals surface area contributed by atoms with Crippen LogP contribution in [-0.2, 0) is 9.59 Å². The number of rotatable bonds is 5. The van der Waals surface area contributed by atoms with Crippen molar-refractivity contribution >= 4 is 22.8 Å². The monoisotopic (exact) mass is 291 g/mol. The topological polar surface area (TPSA) is 106 Å². The van der Waals surface area contributed by atoms with Gasteiger partial charge in [-0.05, 0) is 24.6 Å². The molecule has 0 fully saturated rings. The van der Waals surface area contributed by atoms with Crippen molar-refractivity contribution in [2.24, 2.45) is 0 Å². The average molecular weight is 291 g/mol. The van der Waals surface area contributed by atoms with Crippen molar-refractivity contribution in [2.75, 3.05) is 13.2 Å². The average Bonchev–Trinajstić information content (AvgIpc) is 2.42. The molecule has 0 aliphatic heterocycles. The molecular formula is C14H13NO6. The van der Waals surface area contributed by atoms with Gasteiger partial charge in [-0.1, -0.05) is 0 Å². The number of hydrogen-bond acceptors (Lipinski definition) is 5. The van der Waals surface area contributed by atoms with Gasteiger partial charge in [0.15, 0.2) is 6.61 Å². The van der Waals surface area contributed by atoms with Crippen LogP contribution in [0.1, 0.15) is 5.56 Å². The van der Waals surface area contributed by atoms with Gasteiger partial charge in [0.1, 0.15) is 17.9 Å². The summed E-state index contributed by atoms with van der Waals surface area (Å²) in [4.78, 5) is 32.9. The molecule has 0 aliphatic rings. The van der Waals surface area contributed by atoms with Gasteiger partial charge in [-0.2, -0.15) is 0 Å². The predicted molar refractivity (Wildman–Crippen MR) is 73.4 cm³/mol. The number of benzene rings is 1. The van der Waals surface area contributed by atoms with Gasteiger partial charge in [-0.15, -0.1) is 0 Å². The second kappa shape index (κ2) is 6.08. The number of carbonyl (C=O) groups excluding carboxylic acids is 1. The predicted octanol–water partition coefficient (Wildman–Crippen LogP) is 0.681. The Balaban J connectivity index is 2.08. The number of fused-ring (bicyclic) bond motifs is 1. The summed E-state index contributed by atoms with van der Waals surface area (Å²) < 4.78 is 10.3. The van der Waals surface area contributed by atoms with Crippen molar-refractivity contribution in [2.45, 2.75) is 6.92 Å². The van der Waals surface area contributed by atoms with Crippen LogP contribution in [-0.4, -0.2) is 30.1 Å². The summed E-state index contributed by atoms with van der Waals surface area (Å²) in [5.74, 6) is -1.34. The van der Waals surface area contributed by atoms with Gasteiger partial charge in [0.05, 0.1) is 0 Å². The molecule has 1 heterocycles. The van der Waals surface area contributed by atoms with E-state index in [9.17, 15) is 14.4 Å². The van der Waals surface area contributed by atoms with Crippen molar-refractivity contribution in [3.05, 3.63) is 40.2 Å². The van der Waals surface area contributed by atoms with Crippen LogP contribution in [0.4, 0.5) is 0 Å². The van der Waals surface area contributed by atoms with Crippen LogP contribution >= 0.6 is 0 Å². The number of nitrogens with one attached hydrogen (secondary N) is 1. The van der Waals surface area contributed by atoms with E-state index in [1.54, 1.807) is 19.1 Å². The third-order valence-electron chi connectivity index (χ3n) is 2.73. The number of hydrogen-bond donors (Lipinski definition) is 2. The molecule has 1 amide bonds. The Kier molecular flexibility index (Phi) is 4.22. The lowest BCUT2D eigenvalue weighted by molar-refractivity contribution is -0.138. The molecule has 0 saturated heterocycles. The van der Waals surface area contributed by atoms with Gasteiger partial charge in [0.2, 0.25) is 0 Å². The summed E-state index contributed by atoms with van der Waals surface area (Å²) in [5, 5.41) is 11.4. The highest BCUT2D eigenvalue weighted by atomic mass is 16.5. The second-order valence-electron chi connectivity index (χ2n) is 4.37. The fourth-order valence-corrected chi connectivity index (χ4v) is 1.77. The van der Waals surface area contributed by atoms with Gasteiger partial charge in [-0.25, -0.2) is 4.79 Å². The minimum atomic E-state index is -1.13. The summed E-state index contributed by atoms with van der Waals surface area (Å²) in [6, 6.07) is 6.26. The Morgan fingerprint density at radius 3 is 2.81 bits per heavy atom. The second-order valence-corrected chi connectivity index (χ2v) is 4.37. The highest BCUT2D eigenvalue weighted by Gasteiger charge is 2.07. The lowest BCUT2D eigenvalue weighted by atomic mass is 10.1. The SMILES string of the molecule is Cc1cc(=O)oc2cc(OCC(=O)NCC(=O)O)ccc12. The molecule has 0 unspecified atom stereocenters. The maximum absolute atomic E-state index is 11.3. The van der Waals surface area contributed by atoms with Gasteiger partial charge >= 0.3 is 11.6 Å². The van der Waals surface area contributed by atoms with Crippen molar-refractivity contribution in [1.82, 2.24) is 5.32 Å². The number of ether oxygens (including phenoxy) is 1. The first-order valence-corrected chi connectivity index (χ1v) is 6.11. The molecule has 0 spiro atoms. The van der Waals surface area contributed by atoms with Gasteiger partial charge in [0.25, 0.3) is 5.91 Å². The number of carboxylic acids is 1. The minimum absolute atomic E-state index is 0.325. The van der Waals surface area contributed by atoms with E-state index in [0.29, 0.717) is 11.3 Å². The van der Waals surface area contributed by atoms with Gasteiger partial charge < -0.3 is 19.6 Å². The maximum atomic E-state index is 11.3. The Bertz CT molecular complexity index is 749. The standard InChI is InChI=1S/C14H13NO6/c1-8-4-14(19)21-11-5-9(2-3-10(8)11)20-7-12(16)15-6-13(17)18/h2-5H,6-7H2,1H3,(H,15,16)(H,17,18). The molecule has 7 nitrogen and oxygen atoms in total. The molecule has 2 rings (SSSR count). The number of carbonyl (C=O) groups is 2. The third kappa shape index (κ3) is 3.82. The van der Waals surface area contributed by atoms with Crippen LogP contribution in [0, 0.1) is 6.92 Å². The molecule has 2 N–H and O–H groups in total. The van der Waals surface area contributed by atoms with Crippen molar-refractivity contribution < 1.29 is 23.8 Å². The van der Waals surface area contributed by atoms with Crippen LogP contribution in [0.15, 0.2) is 33.5 Å². The summed E-state index contributed by atoms with van der Waals surface area (Å²) in [5.41, 5.74) is 0.687. The summed E-state index contributed by atoms with van der Waals surface area (Å²) in [6.45, 7) is 1.00. The van der Waals surface area contributed by atoms with Crippen LogP contribution < -0.4 is 15.7 Å². The van der Waals surface area contributed by atoms with Gasteiger partial charge in [0, 0.05) is 17.5 Å². The molecule has 110 valence electrons. The number of carboxylic acid groups (broad SMARTS) is 1. The van der Waals surface area contributed by atoms with E-state index in [2.05, 4.69) is 5.32 Å². The zero-order valence-corrected chi connectivity index (χ0v) is 11.2. The lowest BCUT2D eigenvalue weighted by Gasteiger charge is -2.07. The van der Waals surface area contributed by atoms with Crippen LogP contribution in [0.2, 0.25) is 0 Å². The largest absolute Gasteiger partial charge is 0.484 e. The van der Waals surface area contributed by atoms with E-state index in [0.717, 1.165) is 10.9 Å². The molecule has 21 heavy (non-hydrogen) atoms. The van der Waals surface area contributed by atoms with E-state index in [-0.39, 0.29) is 6.61 Å². The first kappa shape index (κ1) is 14.6. The van der Waals surface area contributed by atoms with Crippen molar-refractivity contribution in [3.8, 4) is 5.75 Å². The summed E-state index contributed by atoms with van der Waals surface area (Å²) in [6.07, 6.45) is 0. The summed E-state index contributed by atoms with van der Waals surface area (Å²) >= 11 is 0. The molecule has 0 saturated carbocycles. The lowest BCUT2D eigenvalue weighted by Crippen LogP contribution is -2.33. The van der Waals surface area contributed by atoms with Crippen LogP contribution in [0.5, 0.6) is 5.75 Å². The molecule has 0 aliphatic carbocycles. The Morgan fingerprint density at radius 2 is 2.10 bits per heavy atom. The first-order chi connectivity index (χ1) is 9.95. The van der Waals surface area contributed by atoms with Crippen molar-refractivity contribution in [1.29, 1.82) is 0 Å². The Labute approximate surface area is 119 Å². The van der Waals surface area contributed by atoms with Gasteiger partial charge in [-0.3, -0.25) is 9.59 Å². The zero-order chi connectivity index (χ0) is 15.4. The quantitative estimate of drug-likeness (QED) is 0.785. The molecule has 2 aromatic rings. The zero-order valence-electron chi connectivity index (χ0n) is 11.2. The third-order valence-corrected chi connectivity index (χ3v) is 2.73. The smallest absolute Gasteiger partial charge is 0.336 e. The van der Waals surface area contributed by atoms with Crippen LogP contribution in [0.25, 0.3) is 11.0 Å². The van der Waals surface area contributed by atoms with E-state index in [4.69, 9.17) is 14.3 Å². The first-order valence-electron chi connectivity index (χ1n) is 6.11. The highest BCUT2D eigenvalue weighted by Crippen LogP contribution is 2.22. The van der Waals surface area contributed by atoms with E-state index in [1.165, 1.54) is 12.1 Å². The molecule has 1 aromatic heterocycles. The Morgan fingerprint density at radius 1 is 1.33 bits per heavy atom. The molecule has 0 bridgehead atoms. The molecule has 7 heteroatoms. The number of aliphatic carboxylic acids is 1. The highest BCUT2D eigenvalue weighted by molar-refractivity contribution is 5.83.